The van der Waals surface area contributed by atoms with Gasteiger partial charge >= 0.3 is 0 Å². The molecule has 96 valence electrons. The van der Waals surface area contributed by atoms with E-state index in [1.165, 1.54) is 25.7 Å². The van der Waals surface area contributed by atoms with E-state index in [1.54, 1.807) is 0 Å². The van der Waals surface area contributed by atoms with Crippen LogP contribution in [0.15, 0.2) is 0 Å². The summed E-state index contributed by atoms with van der Waals surface area (Å²) in [6.07, 6.45) is 9.32. The van der Waals surface area contributed by atoms with Crippen molar-refractivity contribution in [2.75, 3.05) is 13.1 Å². The molecule has 2 unspecified atom stereocenters. The van der Waals surface area contributed by atoms with Gasteiger partial charge < -0.3 is 10.6 Å². The number of carbonyl (C=O) groups excluding carboxylic acids is 1. The average molecular weight is 236 g/mol. The fourth-order valence-electron chi connectivity index (χ4n) is 4.11. The standard InChI is InChI=1S/C14H24N2O/c15-14(7-2-1-3-8-14)13(17)16-9-11-5-4-6-12(11)10-16/h11-12H,1-10,15H2. The summed E-state index contributed by atoms with van der Waals surface area (Å²) >= 11 is 0. The Morgan fingerprint density at radius 1 is 1.00 bits per heavy atom. The topological polar surface area (TPSA) is 46.3 Å². The normalized spacial score (nSPS) is 35.9. The lowest BCUT2D eigenvalue weighted by Gasteiger charge is -2.35. The maximum atomic E-state index is 12.6. The molecule has 0 spiro atoms. The summed E-state index contributed by atoms with van der Waals surface area (Å²) in [6, 6.07) is 0. The second-order valence-corrected chi connectivity index (χ2v) is 6.38. The number of amides is 1. The Morgan fingerprint density at radius 2 is 1.59 bits per heavy atom. The van der Waals surface area contributed by atoms with Crippen molar-refractivity contribution in [1.82, 2.24) is 4.90 Å². The molecule has 2 atom stereocenters. The molecule has 0 bridgehead atoms. The van der Waals surface area contributed by atoms with Crippen LogP contribution in [0.2, 0.25) is 0 Å². The zero-order chi connectivity index (χ0) is 11.9. The van der Waals surface area contributed by atoms with Crippen LogP contribution in [0.4, 0.5) is 0 Å². The van der Waals surface area contributed by atoms with Crippen molar-refractivity contribution in [3.05, 3.63) is 0 Å². The van der Waals surface area contributed by atoms with Crippen molar-refractivity contribution in [3.63, 3.8) is 0 Å². The Bertz CT molecular complexity index is 297. The van der Waals surface area contributed by atoms with Gasteiger partial charge in [0.15, 0.2) is 0 Å². The van der Waals surface area contributed by atoms with Gasteiger partial charge in [-0.15, -0.1) is 0 Å². The molecule has 0 aromatic rings. The van der Waals surface area contributed by atoms with Gasteiger partial charge in [-0.3, -0.25) is 4.79 Å². The molecule has 3 aliphatic rings. The first-order valence-electron chi connectivity index (χ1n) is 7.27. The summed E-state index contributed by atoms with van der Waals surface area (Å²) < 4.78 is 0. The first-order valence-corrected chi connectivity index (χ1v) is 7.27. The minimum Gasteiger partial charge on any atom is -0.341 e. The lowest BCUT2D eigenvalue weighted by molar-refractivity contribution is -0.137. The summed E-state index contributed by atoms with van der Waals surface area (Å²) in [5.74, 6) is 1.82. The zero-order valence-corrected chi connectivity index (χ0v) is 10.7. The molecule has 2 saturated carbocycles. The van der Waals surface area contributed by atoms with Gasteiger partial charge in [0.1, 0.15) is 0 Å². The van der Waals surface area contributed by atoms with Crippen LogP contribution in [-0.4, -0.2) is 29.4 Å². The number of nitrogens with zero attached hydrogens (tertiary/aromatic N) is 1. The van der Waals surface area contributed by atoms with Crippen LogP contribution in [0.3, 0.4) is 0 Å². The molecule has 0 aromatic carbocycles. The zero-order valence-electron chi connectivity index (χ0n) is 10.7. The second kappa shape index (κ2) is 4.27. The molecule has 1 heterocycles. The summed E-state index contributed by atoms with van der Waals surface area (Å²) in [6.45, 7) is 1.98. The second-order valence-electron chi connectivity index (χ2n) is 6.38. The number of nitrogens with two attached hydrogens (primary N) is 1. The highest BCUT2D eigenvalue weighted by Gasteiger charge is 2.44. The Hall–Kier alpha value is -0.570. The molecule has 0 radical (unpaired) electrons. The summed E-state index contributed by atoms with van der Waals surface area (Å²) in [5, 5.41) is 0. The summed E-state index contributed by atoms with van der Waals surface area (Å²) in [4.78, 5) is 14.6. The maximum absolute atomic E-state index is 12.6. The van der Waals surface area contributed by atoms with E-state index in [0.29, 0.717) is 0 Å². The molecular formula is C14H24N2O. The van der Waals surface area contributed by atoms with Crippen molar-refractivity contribution in [2.24, 2.45) is 17.6 Å². The lowest BCUT2D eigenvalue weighted by Crippen LogP contribution is -2.55. The van der Waals surface area contributed by atoms with Gasteiger partial charge in [0.25, 0.3) is 0 Å². The van der Waals surface area contributed by atoms with Crippen LogP contribution < -0.4 is 5.73 Å². The van der Waals surface area contributed by atoms with Crippen molar-refractivity contribution in [3.8, 4) is 0 Å². The van der Waals surface area contributed by atoms with E-state index in [2.05, 4.69) is 4.90 Å². The lowest BCUT2D eigenvalue weighted by atomic mass is 9.81. The molecule has 3 rings (SSSR count). The SMILES string of the molecule is NC1(C(=O)N2CC3CCCC3C2)CCCCC1. The van der Waals surface area contributed by atoms with Crippen LogP contribution in [-0.2, 0) is 4.79 Å². The first-order chi connectivity index (χ1) is 8.19. The molecule has 1 saturated heterocycles. The van der Waals surface area contributed by atoms with Gasteiger partial charge in [-0.25, -0.2) is 0 Å². The summed E-state index contributed by atoms with van der Waals surface area (Å²) in [7, 11) is 0. The Balaban J connectivity index is 1.66. The Kier molecular flexibility index (Phi) is 2.89. The molecule has 2 aliphatic carbocycles. The first kappa shape index (κ1) is 11.5. The fourth-order valence-corrected chi connectivity index (χ4v) is 4.11. The highest BCUT2D eigenvalue weighted by atomic mass is 16.2. The van der Waals surface area contributed by atoms with Gasteiger partial charge in [-0.2, -0.15) is 0 Å². The molecule has 3 fully saturated rings. The van der Waals surface area contributed by atoms with E-state index >= 15 is 0 Å². The quantitative estimate of drug-likeness (QED) is 0.756. The third-order valence-corrected chi connectivity index (χ3v) is 5.19. The molecule has 17 heavy (non-hydrogen) atoms. The van der Waals surface area contributed by atoms with Gasteiger partial charge in [-0.05, 0) is 37.5 Å². The van der Waals surface area contributed by atoms with Crippen LogP contribution >= 0.6 is 0 Å². The Labute approximate surface area is 104 Å². The average Bonchev–Trinajstić information content (AvgIpc) is 2.89. The predicted molar refractivity (Wildman–Crippen MR) is 67.4 cm³/mol. The molecule has 1 amide bonds. The van der Waals surface area contributed by atoms with E-state index in [1.807, 2.05) is 0 Å². The van der Waals surface area contributed by atoms with E-state index < -0.39 is 5.54 Å². The van der Waals surface area contributed by atoms with Crippen LogP contribution in [0.1, 0.15) is 51.4 Å². The van der Waals surface area contributed by atoms with E-state index in [9.17, 15) is 4.79 Å². The van der Waals surface area contributed by atoms with Crippen LogP contribution in [0, 0.1) is 11.8 Å². The number of rotatable bonds is 1. The van der Waals surface area contributed by atoms with Crippen LogP contribution in [0.25, 0.3) is 0 Å². The number of likely N-dealkylation sites (tertiary alicyclic amines) is 1. The highest BCUT2D eigenvalue weighted by molar-refractivity contribution is 5.86. The molecule has 2 N–H and O–H groups in total. The van der Waals surface area contributed by atoms with Gasteiger partial charge in [0.05, 0.1) is 5.54 Å². The minimum absolute atomic E-state index is 0.256. The van der Waals surface area contributed by atoms with Crippen molar-refractivity contribution in [2.45, 2.75) is 56.9 Å². The third-order valence-electron chi connectivity index (χ3n) is 5.19. The number of fused-ring (bicyclic) bond motifs is 1. The van der Waals surface area contributed by atoms with Crippen LogP contribution in [0.5, 0.6) is 0 Å². The molecular weight excluding hydrogens is 212 g/mol. The van der Waals surface area contributed by atoms with Crippen molar-refractivity contribution < 1.29 is 4.79 Å². The molecule has 0 aromatic heterocycles. The van der Waals surface area contributed by atoms with Crippen molar-refractivity contribution >= 4 is 5.91 Å². The van der Waals surface area contributed by atoms with E-state index in [4.69, 9.17) is 5.73 Å². The molecule has 3 heteroatoms. The maximum Gasteiger partial charge on any atom is 0.242 e. The Morgan fingerprint density at radius 3 is 2.18 bits per heavy atom. The van der Waals surface area contributed by atoms with Gasteiger partial charge in [-0.1, -0.05) is 25.7 Å². The highest BCUT2D eigenvalue weighted by Crippen LogP contribution is 2.39. The van der Waals surface area contributed by atoms with Gasteiger partial charge in [0.2, 0.25) is 5.91 Å². The number of hydrogen-bond acceptors (Lipinski definition) is 2. The predicted octanol–water partition coefficient (Wildman–Crippen LogP) is 1.91. The largest absolute Gasteiger partial charge is 0.341 e. The fraction of sp³-hybridized carbons (Fsp3) is 0.929. The van der Waals surface area contributed by atoms with Crippen molar-refractivity contribution in [1.29, 1.82) is 0 Å². The van der Waals surface area contributed by atoms with E-state index in [-0.39, 0.29) is 5.91 Å². The molecule has 1 aliphatic heterocycles. The summed E-state index contributed by atoms with van der Waals surface area (Å²) in [5.41, 5.74) is 5.82. The monoisotopic (exact) mass is 236 g/mol. The molecule has 3 nitrogen and oxygen atoms in total. The smallest absolute Gasteiger partial charge is 0.242 e. The number of hydrogen-bond donors (Lipinski definition) is 1. The van der Waals surface area contributed by atoms with Gasteiger partial charge in [0, 0.05) is 13.1 Å². The minimum atomic E-state index is -0.517. The number of carbonyl (C=O) groups is 1. The third kappa shape index (κ3) is 1.99. The van der Waals surface area contributed by atoms with E-state index in [0.717, 1.165) is 50.6 Å².